The van der Waals surface area contributed by atoms with E-state index < -0.39 is 30.2 Å². The highest BCUT2D eigenvalue weighted by atomic mass is 19.4. The maximum absolute atomic E-state index is 11.7. The molecule has 0 aliphatic carbocycles. The topological polar surface area (TPSA) is 90.7 Å². The lowest BCUT2D eigenvalue weighted by molar-refractivity contribution is -0.384. The highest BCUT2D eigenvalue weighted by molar-refractivity contribution is 5.76. The number of non-ortho nitro benzene ring substituents is 1. The first kappa shape index (κ1) is 15.7. The third-order valence-electron chi connectivity index (χ3n) is 1.84. The molecule has 10 heteroatoms. The number of halogens is 3. The average molecular weight is 294 g/mol. The number of hydrogen-bond donors (Lipinski definition) is 1. The Bertz CT molecular complexity index is 475. The van der Waals surface area contributed by atoms with E-state index in [1.165, 1.54) is 12.1 Å². The van der Waals surface area contributed by atoms with E-state index in [4.69, 9.17) is 4.74 Å². The van der Waals surface area contributed by atoms with Crippen LogP contribution >= 0.6 is 0 Å². The molecule has 1 amide bonds. The molecule has 0 heterocycles. The van der Waals surface area contributed by atoms with Gasteiger partial charge in [0.1, 0.15) is 5.75 Å². The molecule has 0 saturated heterocycles. The molecule has 0 radical (unpaired) electrons. The molecule has 0 unspecified atom stereocenters. The second-order valence-electron chi connectivity index (χ2n) is 3.47. The van der Waals surface area contributed by atoms with Gasteiger partial charge in [-0.1, -0.05) is 0 Å². The van der Waals surface area contributed by atoms with Crippen LogP contribution in [0.4, 0.5) is 18.9 Å². The SMILES string of the molecule is O=C(COc1ccc([N+](=O)[O-])cc1)NOCC(F)(F)F. The molecule has 0 bridgehead atoms. The van der Waals surface area contributed by atoms with Crippen molar-refractivity contribution in [1.82, 2.24) is 5.48 Å². The number of alkyl halides is 3. The summed E-state index contributed by atoms with van der Waals surface area (Å²) in [6.45, 7) is -2.20. The minimum Gasteiger partial charge on any atom is -0.484 e. The van der Waals surface area contributed by atoms with Crippen LogP contribution in [-0.4, -0.2) is 30.2 Å². The Hall–Kier alpha value is -2.36. The Morgan fingerprint density at radius 1 is 1.30 bits per heavy atom. The van der Waals surface area contributed by atoms with Gasteiger partial charge in [0.15, 0.2) is 13.2 Å². The van der Waals surface area contributed by atoms with E-state index in [9.17, 15) is 28.1 Å². The molecular formula is C10H9F3N2O5. The second kappa shape index (κ2) is 6.70. The summed E-state index contributed by atoms with van der Waals surface area (Å²) in [7, 11) is 0. The zero-order chi connectivity index (χ0) is 15.2. The second-order valence-corrected chi connectivity index (χ2v) is 3.47. The first-order valence-electron chi connectivity index (χ1n) is 5.12. The molecule has 0 fully saturated rings. The lowest BCUT2D eigenvalue weighted by Gasteiger charge is -2.09. The molecule has 1 rings (SSSR count). The Balaban J connectivity index is 2.32. The summed E-state index contributed by atoms with van der Waals surface area (Å²) in [6.07, 6.45) is -4.55. The van der Waals surface area contributed by atoms with Crippen molar-refractivity contribution >= 4 is 11.6 Å². The van der Waals surface area contributed by atoms with Gasteiger partial charge in [-0.15, -0.1) is 0 Å². The van der Waals surface area contributed by atoms with E-state index in [1.807, 2.05) is 0 Å². The van der Waals surface area contributed by atoms with Crippen molar-refractivity contribution in [3.8, 4) is 5.75 Å². The molecule has 1 aromatic carbocycles. The van der Waals surface area contributed by atoms with E-state index in [0.29, 0.717) is 0 Å². The fourth-order valence-corrected chi connectivity index (χ4v) is 1.04. The van der Waals surface area contributed by atoms with Crippen molar-refractivity contribution in [2.45, 2.75) is 6.18 Å². The van der Waals surface area contributed by atoms with E-state index in [1.54, 1.807) is 5.48 Å². The number of rotatable bonds is 6. The first-order chi connectivity index (χ1) is 9.28. The Morgan fingerprint density at radius 2 is 1.90 bits per heavy atom. The third-order valence-corrected chi connectivity index (χ3v) is 1.84. The number of nitro groups is 1. The van der Waals surface area contributed by atoms with Crippen LogP contribution in [0.25, 0.3) is 0 Å². The van der Waals surface area contributed by atoms with Crippen molar-refractivity contribution in [3.05, 3.63) is 34.4 Å². The van der Waals surface area contributed by atoms with Crippen molar-refractivity contribution in [2.75, 3.05) is 13.2 Å². The van der Waals surface area contributed by atoms with Crippen LogP contribution in [0.1, 0.15) is 0 Å². The van der Waals surface area contributed by atoms with Gasteiger partial charge in [0, 0.05) is 12.1 Å². The number of carbonyl (C=O) groups excluding carboxylic acids is 1. The standard InChI is InChI=1S/C10H9F3N2O5/c11-10(12,13)6-20-14-9(16)5-19-8-3-1-7(2-4-8)15(17)18/h1-4H,5-6H2,(H,14,16). The van der Waals surface area contributed by atoms with E-state index in [2.05, 4.69) is 4.84 Å². The predicted molar refractivity (Wildman–Crippen MR) is 58.7 cm³/mol. The van der Waals surface area contributed by atoms with Gasteiger partial charge >= 0.3 is 6.18 Å². The molecule has 7 nitrogen and oxygen atoms in total. The molecule has 20 heavy (non-hydrogen) atoms. The van der Waals surface area contributed by atoms with Gasteiger partial charge in [0.05, 0.1) is 4.92 Å². The number of nitro benzene ring substituents is 1. The normalized spacial score (nSPS) is 10.9. The van der Waals surface area contributed by atoms with E-state index in [0.717, 1.165) is 12.1 Å². The minimum atomic E-state index is -4.55. The molecule has 0 saturated carbocycles. The molecule has 0 spiro atoms. The number of carbonyl (C=O) groups is 1. The van der Waals surface area contributed by atoms with Gasteiger partial charge in [-0.25, -0.2) is 5.48 Å². The number of nitrogens with zero attached hydrogens (tertiary/aromatic N) is 1. The van der Waals surface area contributed by atoms with E-state index >= 15 is 0 Å². The number of amides is 1. The molecule has 0 aliphatic heterocycles. The van der Waals surface area contributed by atoms with Crippen LogP contribution in [0.3, 0.4) is 0 Å². The predicted octanol–water partition coefficient (Wildman–Crippen LogP) is 1.58. The first-order valence-corrected chi connectivity index (χ1v) is 5.12. The monoisotopic (exact) mass is 294 g/mol. The van der Waals surface area contributed by atoms with Gasteiger partial charge < -0.3 is 4.74 Å². The maximum Gasteiger partial charge on any atom is 0.414 e. The summed E-state index contributed by atoms with van der Waals surface area (Å²) in [5.74, 6) is -0.769. The summed E-state index contributed by atoms with van der Waals surface area (Å²) >= 11 is 0. The minimum absolute atomic E-state index is 0.154. The largest absolute Gasteiger partial charge is 0.484 e. The molecule has 0 aromatic heterocycles. The number of hydroxylamine groups is 1. The highest BCUT2D eigenvalue weighted by Crippen LogP contribution is 2.17. The van der Waals surface area contributed by atoms with Gasteiger partial charge in [-0.3, -0.25) is 19.7 Å². The third kappa shape index (κ3) is 6.00. The molecule has 110 valence electrons. The summed E-state index contributed by atoms with van der Waals surface area (Å²) in [4.78, 5) is 24.7. The highest BCUT2D eigenvalue weighted by Gasteiger charge is 2.28. The van der Waals surface area contributed by atoms with Crippen molar-refractivity contribution in [3.63, 3.8) is 0 Å². The number of ether oxygens (including phenoxy) is 1. The number of nitrogens with one attached hydrogen (secondary N) is 1. The zero-order valence-corrected chi connectivity index (χ0v) is 9.85. The lowest BCUT2D eigenvalue weighted by atomic mass is 10.3. The fraction of sp³-hybridized carbons (Fsp3) is 0.300. The summed E-state index contributed by atoms with van der Waals surface area (Å²) in [6, 6.07) is 4.82. The smallest absolute Gasteiger partial charge is 0.414 e. The summed E-state index contributed by atoms with van der Waals surface area (Å²) < 4.78 is 40.0. The van der Waals surface area contributed by atoms with Gasteiger partial charge in [0.25, 0.3) is 11.6 Å². The molecule has 1 aromatic rings. The molecule has 0 aliphatic rings. The van der Waals surface area contributed by atoms with Crippen LogP contribution in [0.5, 0.6) is 5.75 Å². The summed E-state index contributed by atoms with van der Waals surface area (Å²) in [5.41, 5.74) is 1.39. The zero-order valence-electron chi connectivity index (χ0n) is 9.85. The Morgan fingerprint density at radius 3 is 2.40 bits per heavy atom. The Labute approximate surface area is 110 Å². The van der Waals surface area contributed by atoms with Gasteiger partial charge in [0.2, 0.25) is 0 Å². The van der Waals surface area contributed by atoms with Crippen LogP contribution in [0.2, 0.25) is 0 Å². The van der Waals surface area contributed by atoms with Crippen molar-refractivity contribution in [2.24, 2.45) is 0 Å². The number of benzene rings is 1. The van der Waals surface area contributed by atoms with Crippen LogP contribution < -0.4 is 10.2 Å². The lowest BCUT2D eigenvalue weighted by Crippen LogP contribution is -2.32. The van der Waals surface area contributed by atoms with Gasteiger partial charge in [-0.05, 0) is 12.1 Å². The average Bonchev–Trinajstić information content (AvgIpc) is 2.35. The Kier molecular flexibility index (Phi) is 5.26. The number of hydrogen-bond acceptors (Lipinski definition) is 5. The molecule has 1 N–H and O–H groups in total. The van der Waals surface area contributed by atoms with Crippen LogP contribution in [-0.2, 0) is 9.63 Å². The quantitative estimate of drug-likeness (QED) is 0.635. The van der Waals surface area contributed by atoms with Crippen LogP contribution in [0, 0.1) is 10.1 Å². The van der Waals surface area contributed by atoms with Crippen molar-refractivity contribution in [1.29, 1.82) is 0 Å². The van der Waals surface area contributed by atoms with Gasteiger partial charge in [-0.2, -0.15) is 13.2 Å². The summed E-state index contributed by atoms with van der Waals surface area (Å²) in [5, 5.41) is 10.4. The van der Waals surface area contributed by atoms with E-state index in [-0.39, 0.29) is 11.4 Å². The fourth-order valence-electron chi connectivity index (χ4n) is 1.04. The molecule has 0 atom stereocenters. The maximum atomic E-state index is 11.7. The van der Waals surface area contributed by atoms with Crippen LogP contribution in [0.15, 0.2) is 24.3 Å². The molecular weight excluding hydrogens is 285 g/mol. The van der Waals surface area contributed by atoms with Crippen molar-refractivity contribution < 1.29 is 32.5 Å².